The molecule has 0 atom stereocenters. The average molecular weight is 519 g/mol. The zero-order valence-corrected chi connectivity index (χ0v) is 20.6. The standard InChI is InChI=1S/C24H23FN2O8S/c1-32-20-12-15(13-21(33-2)24(20)35-4)8-9-16-10-11-19(25)23(34-3)22(16)26-36(30,31)18-7-5-6-17(14-18)27(28)29/h5-14,26H,1-4H3. The van der Waals surface area contributed by atoms with E-state index in [2.05, 4.69) is 4.72 Å². The van der Waals surface area contributed by atoms with Crippen LogP contribution in [-0.4, -0.2) is 41.8 Å². The van der Waals surface area contributed by atoms with Crippen LogP contribution in [0.5, 0.6) is 23.0 Å². The molecule has 3 aromatic rings. The number of anilines is 1. The minimum Gasteiger partial charge on any atom is -0.493 e. The number of hydrogen-bond donors (Lipinski definition) is 1. The lowest BCUT2D eigenvalue weighted by molar-refractivity contribution is -0.385. The van der Waals surface area contributed by atoms with E-state index in [1.54, 1.807) is 18.2 Å². The maximum Gasteiger partial charge on any atom is 0.270 e. The fraction of sp³-hybridized carbons (Fsp3) is 0.167. The summed E-state index contributed by atoms with van der Waals surface area (Å²) in [7, 11) is 1.25. The Bertz CT molecular complexity index is 1400. The van der Waals surface area contributed by atoms with Gasteiger partial charge in [0.15, 0.2) is 23.1 Å². The summed E-state index contributed by atoms with van der Waals surface area (Å²) in [6, 6.07) is 10.3. The van der Waals surface area contributed by atoms with Crippen LogP contribution in [0.25, 0.3) is 12.2 Å². The van der Waals surface area contributed by atoms with Gasteiger partial charge in [0.05, 0.1) is 38.3 Å². The molecule has 10 nitrogen and oxygen atoms in total. The van der Waals surface area contributed by atoms with Crippen LogP contribution >= 0.6 is 0 Å². The molecule has 3 rings (SSSR count). The summed E-state index contributed by atoms with van der Waals surface area (Å²) in [5.74, 6) is 0.0424. The minimum absolute atomic E-state index is 0.187. The van der Waals surface area contributed by atoms with E-state index in [0.717, 1.165) is 18.2 Å². The van der Waals surface area contributed by atoms with Crippen LogP contribution in [0.15, 0.2) is 53.4 Å². The van der Waals surface area contributed by atoms with Crippen molar-refractivity contribution in [3.05, 3.63) is 75.6 Å². The second-order valence-electron chi connectivity index (χ2n) is 7.20. The van der Waals surface area contributed by atoms with E-state index in [9.17, 15) is 22.9 Å². The summed E-state index contributed by atoms with van der Waals surface area (Å²) in [6.45, 7) is 0. The Balaban J connectivity index is 2.08. The zero-order chi connectivity index (χ0) is 26.5. The number of methoxy groups -OCH3 is 4. The van der Waals surface area contributed by atoms with Crippen molar-refractivity contribution in [1.29, 1.82) is 0 Å². The average Bonchev–Trinajstić information content (AvgIpc) is 2.87. The Hall–Kier alpha value is -4.32. The van der Waals surface area contributed by atoms with Crippen molar-refractivity contribution in [3.8, 4) is 23.0 Å². The Kier molecular flexibility index (Phi) is 8.00. The Morgan fingerprint density at radius 2 is 1.53 bits per heavy atom. The molecule has 0 saturated carbocycles. The molecule has 0 aliphatic carbocycles. The van der Waals surface area contributed by atoms with Crippen LogP contribution in [0, 0.1) is 15.9 Å². The van der Waals surface area contributed by atoms with Gasteiger partial charge in [0.2, 0.25) is 5.75 Å². The molecule has 1 N–H and O–H groups in total. The topological polar surface area (TPSA) is 126 Å². The van der Waals surface area contributed by atoms with Gasteiger partial charge < -0.3 is 18.9 Å². The number of ether oxygens (including phenoxy) is 4. The van der Waals surface area contributed by atoms with Crippen LogP contribution in [0.4, 0.5) is 15.8 Å². The highest BCUT2D eigenvalue weighted by molar-refractivity contribution is 7.92. The number of nitrogens with zero attached hydrogens (tertiary/aromatic N) is 1. The third kappa shape index (κ3) is 5.49. The van der Waals surface area contributed by atoms with Gasteiger partial charge in [0.1, 0.15) is 5.69 Å². The van der Waals surface area contributed by atoms with Crippen molar-refractivity contribution in [1.82, 2.24) is 0 Å². The van der Waals surface area contributed by atoms with Crippen molar-refractivity contribution >= 4 is 33.6 Å². The molecule has 0 bridgehead atoms. The Morgan fingerprint density at radius 1 is 0.889 bits per heavy atom. The first-order valence-electron chi connectivity index (χ1n) is 10.3. The van der Waals surface area contributed by atoms with E-state index >= 15 is 0 Å². The molecular weight excluding hydrogens is 495 g/mol. The van der Waals surface area contributed by atoms with Crippen molar-refractivity contribution in [2.75, 3.05) is 33.2 Å². The van der Waals surface area contributed by atoms with E-state index in [1.807, 2.05) is 0 Å². The first kappa shape index (κ1) is 26.3. The molecule has 0 radical (unpaired) electrons. The lowest BCUT2D eigenvalue weighted by atomic mass is 10.1. The quantitative estimate of drug-likeness (QED) is 0.232. The summed E-state index contributed by atoms with van der Waals surface area (Å²) < 4.78 is 64.0. The predicted octanol–water partition coefficient (Wildman–Crippen LogP) is 4.74. The number of halogens is 1. The van der Waals surface area contributed by atoms with Gasteiger partial charge in [-0.05, 0) is 35.9 Å². The number of nitrogens with one attached hydrogen (secondary N) is 1. The lowest BCUT2D eigenvalue weighted by Crippen LogP contribution is -2.15. The van der Waals surface area contributed by atoms with Crippen molar-refractivity contribution in [3.63, 3.8) is 0 Å². The van der Waals surface area contributed by atoms with Crippen molar-refractivity contribution in [2.45, 2.75) is 4.90 Å². The highest BCUT2D eigenvalue weighted by Crippen LogP contribution is 2.39. The highest BCUT2D eigenvalue weighted by atomic mass is 32.2. The number of sulfonamides is 1. The molecule has 0 aliphatic rings. The molecule has 0 fully saturated rings. The normalized spacial score (nSPS) is 11.2. The molecule has 36 heavy (non-hydrogen) atoms. The van der Waals surface area contributed by atoms with E-state index in [4.69, 9.17) is 18.9 Å². The van der Waals surface area contributed by atoms with Gasteiger partial charge >= 0.3 is 0 Å². The maximum atomic E-state index is 14.5. The Morgan fingerprint density at radius 3 is 2.08 bits per heavy atom. The second-order valence-corrected chi connectivity index (χ2v) is 8.88. The van der Waals surface area contributed by atoms with Crippen LogP contribution in [0.2, 0.25) is 0 Å². The lowest BCUT2D eigenvalue weighted by Gasteiger charge is -2.15. The molecule has 0 spiro atoms. The van der Waals surface area contributed by atoms with Gasteiger partial charge in [-0.3, -0.25) is 14.8 Å². The molecule has 0 amide bonds. The number of rotatable bonds is 10. The van der Waals surface area contributed by atoms with E-state index in [1.165, 1.54) is 52.7 Å². The minimum atomic E-state index is -4.35. The van der Waals surface area contributed by atoms with Gasteiger partial charge in [-0.15, -0.1) is 0 Å². The summed E-state index contributed by atoms with van der Waals surface area (Å²) in [6.07, 6.45) is 3.16. The highest BCUT2D eigenvalue weighted by Gasteiger charge is 2.23. The van der Waals surface area contributed by atoms with Gasteiger partial charge in [0.25, 0.3) is 15.7 Å². The van der Waals surface area contributed by atoms with Crippen LogP contribution < -0.4 is 23.7 Å². The van der Waals surface area contributed by atoms with Gasteiger partial charge in [0, 0.05) is 17.7 Å². The molecule has 0 aromatic heterocycles. The molecule has 12 heteroatoms. The first-order valence-corrected chi connectivity index (χ1v) is 11.7. The summed E-state index contributed by atoms with van der Waals surface area (Å²) in [5.41, 5.74) is 0.274. The summed E-state index contributed by atoms with van der Waals surface area (Å²) >= 11 is 0. The first-order chi connectivity index (χ1) is 17.1. The molecule has 0 heterocycles. The van der Waals surface area contributed by atoms with E-state index in [0.29, 0.717) is 22.8 Å². The Labute approximate surface area is 207 Å². The zero-order valence-electron chi connectivity index (χ0n) is 19.8. The number of nitro groups is 1. The number of non-ortho nitro benzene ring substituents is 1. The fourth-order valence-electron chi connectivity index (χ4n) is 3.36. The van der Waals surface area contributed by atoms with Crippen molar-refractivity contribution in [2.24, 2.45) is 0 Å². The molecular formula is C24H23FN2O8S. The molecule has 3 aromatic carbocycles. The van der Waals surface area contributed by atoms with Crippen LogP contribution in [0.1, 0.15) is 11.1 Å². The molecule has 0 aliphatic heterocycles. The third-order valence-corrected chi connectivity index (χ3v) is 6.41. The number of nitro benzene ring substituents is 1. The molecule has 190 valence electrons. The van der Waals surface area contributed by atoms with E-state index < -0.39 is 26.5 Å². The fourth-order valence-corrected chi connectivity index (χ4v) is 4.49. The smallest absolute Gasteiger partial charge is 0.270 e. The van der Waals surface area contributed by atoms with Gasteiger partial charge in [-0.2, -0.15) is 0 Å². The number of hydrogen-bond acceptors (Lipinski definition) is 8. The summed E-state index contributed by atoms with van der Waals surface area (Å²) in [5, 5.41) is 11.1. The van der Waals surface area contributed by atoms with E-state index in [-0.39, 0.29) is 21.9 Å². The molecule has 0 saturated heterocycles. The largest absolute Gasteiger partial charge is 0.493 e. The summed E-state index contributed by atoms with van der Waals surface area (Å²) in [4.78, 5) is 9.99. The SMILES string of the molecule is COc1cc(C=Cc2ccc(F)c(OC)c2NS(=O)(=O)c2cccc([N+](=O)[O-])c2)cc(OC)c1OC. The third-order valence-electron chi connectivity index (χ3n) is 5.06. The predicted molar refractivity (Wildman–Crippen MR) is 132 cm³/mol. The van der Waals surface area contributed by atoms with Crippen LogP contribution in [0.3, 0.4) is 0 Å². The molecule has 0 unspecified atom stereocenters. The van der Waals surface area contributed by atoms with Crippen molar-refractivity contribution < 1.29 is 36.7 Å². The number of benzene rings is 3. The van der Waals surface area contributed by atoms with Crippen LogP contribution in [-0.2, 0) is 10.0 Å². The second kappa shape index (κ2) is 11.0. The monoisotopic (exact) mass is 518 g/mol. The van der Waals surface area contributed by atoms with Gasteiger partial charge in [-0.1, -0.05) is 18.2 Å². The maximum absolute atomic E-state index is 14.5. The van der Waals surface area contributed by atoms with Gasteiger partial charge in [-0.25, -0.2) is 12.8 Å².